The Bertz CT molecular complexity index is 5370. The van der Waals surface area contributed by atoms with Gasteiger partial charge in [0.05, 0.1) is 43.3 Å². The van der Waals surface area contributed by atoms with E-state index in [1.165, 1.54) is 79.7 Å². The number of rotatable bonds is 33. The molecule has 12 rings (SSSR count). The van der Waals surface area contributed by atoms with Crippen LogP contribution >= 0.6 is 12.4 Å². The molecule has 0 saturated heterocycles. The van der Waals surface area contributed by atoms with Gasteiger partial charge in [-0.2, -0.15) is 22.1 Å². The van der Waals surface area contributed by atoms with Gasteiger partial charge in [-0.15, -0.1) is 12.4 Å². The maximum atomic E-state index is 12.0. The molecule has 19 nitrogen and oxygen atoms in total. The van der Waals surface area contributed by atoms with Crippen molar-refractivity contribution in [3.63, 3.8) is 0 Å². The van der Waals surface area contributed by atoms with Gasteiger partial charge in [0.15, 0.2) is 17.1 Å². The number of non-ortho nitro benzene ring substituents is 2. The first kappa shape index (κ1) is 93.9. The van der Waals surface area contributed by atoms with E-state index in [1.54, 1.807) is 36.5 Å². The molecule has 4 aliphatic rings. The second kappa shape index (κ2) is 43.4. The lowest BCUT2D eigenvalue weighted by Gasteiger charge is -2.27. The number of nitrogens with one attached hydrogen (secondary N) is 1. The molecule has 4 heterocycles. The summed E-state index contributed by atoms with van der Waals surface area (Å²) in [6, 6.07) is 58.3. The van der Waals surface area contributed by atoms with E-state index in [1.807, 2.05) is 160 Å². The molecule has 4 aliphatic heterocycles. The second-order valence-electron chi connectivity index (χ2n) is 32.7. The molecule has 0 radical (unpaired) electrons. The summed E-state index contributed by atoms with van der Waals surface area (Å²) in [7, 11) is -4.37. The highest BCUT2D eigenvalue weighted by Crippen LogP contribution is 2.49. The summed E-state index contributed by atoms with van der Waals surface area (Å²) in [5.74, 6) is -0.811. The Hall–Kier alpha value is -11.6. The summed E-state index contributed by atoms with van der Waals surface area (Å²) in [6.45, 7) is 33.1. The maximum Gasteiger partial charge on any atom is 0.303 e. The van der Waals surface area contributed by atoms with Crippen LogP contribution in [0.25, 0.3) is 0 Å². The number of nitrogens with zero attached hydrogens (tertiary/aromatic N) is 7. The van der Waals surface area contributed by atoms with Crippen molar-refractivity contribution in [2.45, 2.75) is 187 Å². The van der Waals surface area contributed by atoms with Crippen LogP contribution in [-0.4, -0.2) is 110 Å². The zero-order chi connectivity index (χ0) is 86.1. The lowest BCUT2D eigenvalue weighted by atomic mass is 9.81. The molecule has 0 aliphatic carbocycles. The molecule has 21 heteroatoms. The van der Waals surface area contributed by atoms with Crippen LogP contribution in [0.15, 0.2) is 265 Å². The summed E-state index contributed by atoms with van der Waals surface area (Å²) in [4.78, 5) is 48.7. The van der Waals surface area contributed by atoms with Gasteiger partial charge in [0.25, 0.3) is 28.0 Å². The van der Waals surface area contributed by atoms with E-state index >= 15 is 0 Å². The molecule has 8 aromatic rings. The Morgan fingerprint density at radius 3 is 1.57 bits per heavy atom. The van der Waals surface area contributed by atoms with E-state index in [2.05, 4.69) is 166 Å². The summed E-state index contributed by atoms with van der Waals surface area (Å²) in [5.41, 5.74) is 22.4. The topological polar surface area (TPSA) is 241 Å². The molecule has 0 fully saturated rings. The molecule has 0 amide bonds. The predicted molar refractivity (Wildman–Crippen MR) is 490 cm³/mol. The number of aliphatic carboxylic acids is 1. The van der Waals surface area contributed by atoms with E-state index in [0.29, 0.717) is 26.0 Å². The first-order chi connectivity index (χ1) is 56.7. The molecule has 0 atom stereocenters. The number of benzene rings is 8. The maximum absolute atomic E-state index is 12.0. The van der Waals surface area contributed by atoms with Crippen LogP contribution in [0.2, 0.25) is 0 Å². The zero-order valence-corrected chi connectivity index (χ0v) is 73.3. The molecule has 3 N–H and O–H groups in total. The number of ether oxygens (including phenoxy) is 1. The Morgan fingerprint density at radius 2 is 1.01 bits per heavy atom. The van der Waals surface area contributed by atoms with Crippen LogP contribution in [0, 0.1) is 41.0 Å². The fourth-order valence-corrected chi connectivity index (χ4v) is 16.2. The number of halogens is 1. The van der Waals surface area contributed by atoms with Crippen molar-refractivity contribution < 1.29 is 56.0 Å². The highest BCUT2D eigenvalue weighted by Gasteiger charge is 2.47. The number of para-hydroxylation sites is 2. The van der Waals surface area contributed by atoms with E-state index in [4.69, 9.17) is 9.84 Å². The SMILES string of the molecule is C(/C=C/C=C/Nc1ccccc1)=Nc1ccccc1.CC1=[N+](CCCCCOC=O)c2ccc(C)cc2C1(C)C.CC1=[N+](CCCc2ccc([N+](=O)[O-])cc2)c2ccc(C)cc2C1(C)C.Cc1ccc2c(c1)C(C)(C)C(=CC=CC=CC=CC1=[N+](CCCCCC(=O)O)c3ccc(S(=O)(=O)O)cc3C1(C)C)N2CCCc1ccc([N+](=O)[O-])cc1.Cl. The minimum atomic E-state index is -4.37. The van der Waals surface area contributed by atoms with Gasteiger partial charge in [-0.3, -0.25) is 39.4 Å². The summed E-state index contributed by atoms with van der Waals surface area (Å²) in [5, 5.41) is 34.0. The number of fused-ring (bicyclic) bond motifs is 4. The van der Waals surface area contributed by atoms with Crippen LogP contribution in [0.1, 0.15) is 177 Å². The largest absolute Gasteiger partial charge is 0.481 e. The van der Waals surface area contributed by atoms with Crippen LogP contribution in [-0.2, 0) is 58.9 Å². The lowest BCUT2D eigenvalue weighted by Crippen LogP contribution is -2.28. The number of anilines is 2. The average Bonchev–Trinajstić information content (AvgIpc) is 1.61. The first-order valence-electron chi connectivity index (χ1n) is 41.0. The number of carbonyl (C=O) groups excluding carboxylic acids is 1. The summed E-state index contributed by atoms with van der Waals surface area (Å²) >= 11 is 0. The minimum absolute atomic E-state index is 0. The van der Waals surface area contributed by atoms with Gasteiger partial charge < -0.3 is 20.1 Å². The highest BCUT2D eigenvalue weighted by atomic mass is 35.5. The van der Waals surface area contributed by atoms with Crippen LogP contribution in [0.3, 0.4) is 0 Å². The van der Waals surface area contributed by atoms with Crippen molar-refractivity contribution in [1.29, 1.82) is 0 Å². The number of carboxylic acids is 1. The van der Waals surface area contributed by atoms with Crippen LogP contribution in [0.4, 0.5) is 45.5 Å². The number of unbranched alkanes of at least 4 members (excludes halogenated alkanes) is 4. The lowest BCUT2D eigenvalue weighted by molar-refractivity contribution is -0.439. The molecule has 630 valence electrons. The monoisotopic (exact) mass is 1660 g/mol. The van der Waals surface area contributed by atoms with E-state index < -0.39 is 21.5 Å². The molecule has 0 saturated carbocycles. The van der Waals surface area contributed by atoms with Crippen molar-refractivity contribution >= 4 is 104 Å². The standard InChI is InChI=1S/C43H49N3O7S.C21H25N2O2.C18H26NO2.C17H16N2.ClH/c1-31-19-25-37-35(29-31)42(2,3)39(45(37)28-14-15-32-20-22-33(23-21-32)46(49)50)16-10-7-6-8-11-17-40-43(4,5)36-30-34(54(51,52)53)24-26-38(36)44(40)27-13-9-12-18-41(47)48;1-15-7-12-20-19(14-15)21(3,4)16(2)22(20)13-5-6-17-8-10-18(11-9-17)23(24)25;1-14-8-9-17-16(12-14)18(3,4)15(2)19(17)10-6-5-7-11-21-13-20;1-4-10-16(11-5-1)18-14-8-3-9-15-19-17-12-6-2-7-13-17;/h6-8,10-11,16-17,19-26,29-30H,9,12-15,18,27-28H2,1-5H3,(H-,47,48,51,52,53);7-12,14H,5-6,13H2,1-4H3;8-9,12-13H,5-7,10-11H2,1-4H3;1-15,18H;1H/q;2*+1;;/p+1/b;;;9-3+,14-8+,19-15?;. The van der Waals surface area contributed by atoms with Gasteiger partial charge in [0.1, 0.15) is 19.6 Å². The minimum Gasteiger partial charge on any atom is -0.481 e. The summed E-state index contributed by atoms with van der Waals surface area (Å²) < 4.78 is 45.5. The smallest absolute Gasteiger partial charge is 0.303 e. The molecule has 0 unspecified atom stereocenters. The number of nitro benzene ring substituents is 2. The number of hydrogen-bond donors (Lipinski definition) is 3. The van der Waals surface area contributed by atoms with E-state index in [9.17, 15) is 42.8 Å². The molecular weight excluding hydrogens is 1540 g/mol. The second-order valence-corrected chi connectivity index (χ2v) is 34.1. The van der Waals surface area contributed by atoms with E-state index in [0.717, 1.165) is 117 Å². The number of nitro groups is 2. The van der Waals surface area contributed by atoms with Crippen molar-refractivity contribution in [2.24, 2.45) is 4.99 Å². The highest BCUT2D eigenvalue weighted by molar-refractivity contribution is 7.85. The van der Waals surface area contributed by atoms with Gasteiger partial charge in [-0.1, -0.05) is 152 Å². The Morgan fingerprint density at radius 1 is 0.525 bits per heavy atom. The van der Waals surface area contributed by atoms with Gasteiger partial charge in [0, 0.05) is 146 Å². The number of carbonyl (C=O) groups is 2. The molecule has 0 aromatic heterocycles. The normalized spacial score (nSPS) is 15.5. The number of aliphatic imine (C=N–C) groups is 1. The zero-order valence-electron chi connectivity index (χ0n) is 71.7. The van der Waals surface area contributed by atoms with Gasteiger partial charge in [-0.25, -0.2) is 0 Å². The Kier molecular flexibility index (Phi) is 34.0. The third kappa shape index (κ3) is 24.8. The predicted octanol–water partition coefficient (Wildman–Crippen LogP) is 22.8. The molecule has 0 bridgehead atoms. The summed E-state index contributed by atoms with van der Waals surface area (Å²) in [6.07, 6.45) is 32.5. The quantitative estimate of drug-likeness (QED) is 0.00507. The van der Waals surface area contributed by atoms with Crippen molar-refractivity contribution in [2.75, 3.05) is 43.0 Å². The average molecular weight is 1660 g/mol. The van der Waals surface area contributed by atoms with Gasteiger partial charge in [0.2, 0.25) is 17.1 Å². The fraction of sp³-hybridized carbons (Fsp3) is 0.333. The van der Waals surface area contributed by atoms with Crippen molar-refractivity contribution in [3.05, 3.63) is 325 Å². The third-order valence-electron chi connectivity index (χ3n) is 22.9. The molecular formula is C99H118ClN8O11S+3. The molecule has 120 heavy (non-hydrogen) atoms. The Balaban J connectivity index is 0.000000223. The van der Waals surface area contributed by atoms with Crippen LogP contribution < -0.4 is 10.2 Å². The van der Waals surface area contributed by atoms with E-state index in [-0.39, 0.29) is 61.2 Å². The Labute approximate surface area is 715 Å². The number of carboxylic acid groups (broad SMARTS) is 1. The van der Waals surface area contributed by atoms with Crippen molar-refractivity contribution in [1.82, 2.24) is 0 Å². The molecule has 0 spiro atoms. The van der Waals surface area contributed by atoms with Crippen molar-refractivity contribution in [3.8, 4) is 0 Å². The number of allylic oxidation sites excluding steroid dienone is 11. The number of hydrogen-bond acceptors (Lipinski definition) is 12. The molecule has 8 aromatic carbocycles. The van der Waals surface area contributed by atoms with Gasteiger partial charge >= 0.3 is 5.97 Å². The first-order valence-corrected chi connectivity index (χ1v) is 42.5. The third-order valence-corrected chi connectivity index (χ3v) is 23.7. The number of aryl methyl sites for hydroxylation is 5. The fourth-order valence-electron chi connectivity index (χ4n) is 15.7. The van der Waals surface area contributed by atoms with Gasteiger partial charge in [-0.05, 0) is 197 Å². The van der Waals surface area contributed by atoms with Crippen LogP contribution in [0.5, 0.6) is 0 Å².